The fraction of sp³-hybridized carbons (Fsp3) is 0.517. The van der Waals surface area contributed by atoms with Crippen molar-refractivity contribution in [3.8, 4) is 17.4 Å². The van der Waals surface area contributed by atoms with Crippen molar-refractivity contribution in [1.29, 1.82) is 0 Å². The SMILES string of the molecule is COC(=O)c1ccc(Oc2cccc(OCCOCCOCCNC(=O)CCCC[C@@H]3SC[C@@H]4NC(=O)N[C@@H]43)c2)nc1. The van der Waals surface area contributed by atoms with Crippen LogP contribution < -0.4 is 25.4 Å². The van der Waals surface area contributed by atoms with Crippen LogP contribution in [0.15, 0.2) is 42.6 Å². The van der Waals surface area contributed by atoms with E-state index in [1.807, 2.05) is 17.8 Å². The molecule has 2 aliphatic rings. The zero-order valence-corrected chi connectivity index (χ0v) is 24.5. The Labute approximate surface area is 249 Å². The lowest BCUT2D eigenvalue weighted by atomic mass is 10.0. The van der Waals surface area contributed by atoms with Gasteiger partial charge >= 0.3 is 12.0 Å². The van der Waals surface area contributed by atoms with Gasteiger partial charge in [-0.1, -0.05) is 12.5 Å². The van der Waals surface area contributed by atoms with Gasteiger partial charge in [-0.2, -0.15) is 11.8 Å². The second-order valence-corrected chi connectivity index (χ2v) is 11.0. The Morgan fingerprint density at radius 1 is 1.02 bits per heavy atom. The Morgan fingerprint density at radius 3 is 2.64 bits per heavy atom. The molecule has 2 fully saturated rings. The first kappa shape index (κ1) is 31.4. The van der Waals surface area contributed by atoms with Gasteiger partial charge in [0.1, 0.15) is 18.1 Å². The summed E-state index contributed by atoms with van der Waals surface area (Å²) in [4.78, 5) is 39.1. The van der Waals surface area contributed by atoms with Crippen molar-refractivity contribution in [1.82, 2.24) is 20.9 Å². The fourth-order valence-corrected chi connectivity index (χ4v) is 6.14. The summed E-state index contributed by atoms with van der Waals surface area (Å²) in [6, 6.07) is 10.7. The normalized spacial score (nSPS) is 19.0. The summed E-state index contributed by atoms with van der Waals surface area (Å²) in [6.45, 7) is 2.49. The predicted octanol–water partition coefficient (Wildman–Crippen LogP) is 2.91. The number of nitrogens with one attached hydrogen (secondary N) is 3. The van der Waals surface area contributed by atoms with Crippen LogP contribution in [-0.4, -0.2) is 92.7 Å². The van der Waals surface area contributed by atoms with Gasteiger partial charge in [-0.25, -0.2) is 14.6 Å². The highest BCUT2D eigenvalue weighted by Gasteiger charge is 2.42. The van der Waals surface area contributed by atoms with Gasteiger partial charge in [-0.05, 0) is 31.0 Å². The van der Waals surface area contributed by atoms with Gasteiger partial charge in [0.25, 0.3) is 0 Å². The molecular weight excluding hydrogens is 564 g/mol. The van der Waals surface area contributed by atoms with Crippen molar-refractivity contribution >= 4 is 29.7 Å². The number of urea groups is 1. The number of hydrogen-bond acceptors (Lipinski definition) is 10. The van der Waals surface area contributed by atoms with Gasteiger partial charge in [0.15, 0.2) is 0 Å². The van der Waals surface area contributed by atoms with Gasteiger partial charge in [0, 0.05) is 42.3 Å². The first-order chi connectivity index (χ1) is 20.5. The van der Waals surface area contributed by atoms with Crippen LogP contribution in [0, 0.1) is 0 Å². The highest BCUT2D eigenvalue weighted by molar-refractivity contribution is 8.00. The fourth-order valence-electron chi connectivity index (χ4n) is 4.59. The van der Waals surface area contributed by atoms with Crippen LogP contribution in [0.2, 0.25) is 0 Å². The molecule has 4 rings (SSSR count). The smallest absolute Gasteiger partial charge is 0.339 e. The van der Waals surface area contributed by atoms with E-state index in [4.69, 9.17) is 18.9 Å². The number of esters is 1. The molecule has 12 nitrogen and oxygen atoms in total. The Bertz CT molecular complexity index is 1170. The van der Waals surface area contributed by atoms with Gasteiger partial charge in [-0.3, -0.25) is 4.79 Å². The lowest BCUT2D eigenvalue weighted by Crippen LogP contribution is -2.36. The molecule has 0 spiro atoms. The number of carbonyl (C=O) groups is 3. The molecule has 0 aliphatic carbocycles. The van der Waals surface area contributed by atoms with E-state index in [1.165, 1.54) is 13.3 Å². The Hall–Kier alpha value is -3.55. The molecule has 3 atom stereocenters. The molecule has 0 unspecified atom stereocenters. The number of fused-ring (bicyclic) bond motifs is 1. The summed E-state index contributed by atoms with van der Waals surface area (Å²) in [7, 11) is 1.31. The van der Waals surface area contributed by atoms with Gasteiger partial charge in [0.05, 0.1) is 51.2 Å². The van der Waals surface area contributed by atoms with E-state index in [1.54, 1.807) is 30.3 Å². The minimum Gasteiger partial charge on any atom is -0.491 e. The number of nitrogens with zero attached hydrogens (tertiary/aromatic N) is 1. The van der Waals surface area contributed by atoms with Gasteiger partial charge in [0.2, 0.25) is 11.8 Å². The van der Waals surface area contributed by atoms with E-state index in [9.17, 15) is 14.4 Å². The van der Waals surface area contributed by atoms with Crippen molar-refractivity contribution < 1.29 is 38.1 Å². The summed E-state index contributed by atoms with van der Waals surface area (Å²) < 4.78 is 27.2. The number of ether oxygens (including phenoxy) is 5. The molecule has 0 radical (unpaired) electrons. The van der Waals surface area contributed by atoms with Crippen LogP contribution in [0.25, 0.3) is 0 Å². The van der Waals surface area contributed by atoms with Crippen molar-refractivity contribution in [2.75, 3.05) is 52.4 Å². The third kappa shape index (κ3) is 10.1. The van der Waals surface area contributed by atoms with E-state index >= 15 is 0 Å². The molecule has 2 saturated heterocycles. The molecule has 3 N–H and O–H groups in total. The minimum absolute atomic E-state index is 0.0296. The highest BCUT2D eigenvalue weighted by Crippen LogP contribution is 2.33. The second kappa shape index (κ2) is 16.8. The van der Waals surface area contributed by atoms with Crippen LogP contribution >= 0.6 is 11.8 Å². The molecule has 13 heteroatoms. The van der Waals surface area contributed by atoms with E-state index in [2.05, 4.69) is 25.7 Å². The molecule has 0 saturated carbocycles. The summed E-state index contributed by atoms with van der Waals surface area (Å²) >= 11 is 1.90. The number of thioether (sulfide) groups is 1. The topological polar surface area (TPSA) is 146 Å². The lowest BCUT2D eigenvalue weighted by Gasteiger charge is -2.16. The van der Waals surface area contributed by atoms with Gasteiger partial charge in [-0.15, -0.1) is 0 Å². The largest absolute Gasteiger partial charge is 0.491 e. The number of unbranched alkanes of at least 4 members (excludes halogenated alkanes) is 1. The molecule has 42 heavy (non-hydrogen) atoms. The molecule has 228 valence electrons. The average Bonchev–Trinajstić information content (AvgIpc) is 3.55. The minimum atomic E-state index is -0.460. The molecule has 2 aliphatic heterocycles. The van der Waals surface area contributed by atoms with E-state index in [0.29, 0.717) is 74.2 Å². The maximum absolute atomic E-state index is 12.0. The maximum Gasteiger partial charge on any atom is 0.339 e. The molecule has 2 aromatic rings. The summed E-state index contributed by atoms with van der Waals surface area (Å²) in [6.07, 6.45) is 4.69. The monoisotopic (exact) mass is 602 g/mol. The standard InChI is InChI=1S/C29H38N4O8S/c1-37-28(35)20-9-10-26(31-18-20)41-22-6-4-5-21(17-22)40-16-15-39-14-13-38-12-11-30-25(34)8-3-2-7-24-27-23(19-42-24)32-29(36)33-27/h4-6,9-10,17-18,23-24,27H,2-3,7-8,11-16,19H2,1H3,(H,30,34)(H2,32,33,36)/t23-,24-,27-/m0/s1. The zero-order chi connectivity index (χ0) is 29.6. The third-order valence-electron chi connectivity index (χ3n) is 6.70. The molecule has 3 amide bonds. The summed E-state index contributed by atoms with van der Waals surface area (Å²) in [5.74, 6) is 2.04. The maximum atomic E-state index is 12.0. The number of amides is 3. The van der Waals surface area contributed by atoms with Crippen LogP contribution in [0.5, 0.6) is 17.4 Å². The number of benzene rings is 1. The number of carbonyl (C=O) groups excluding carboxylic acids is 3. The second-order valence-electron chi connectivity index (χ2n) is 9.74. The third-order valence-corrected chi connectivity index (χ3v) is 8.21. The Kier molecular flexibility index (Phi) is 12.5. The van der Waals surface area contributed by atoms with Crippen LogP contribution in [-0.2, 0) is 19.0 Å². The molecule has 0 bridgehead atoms. The summed E-state index contributed by atoms with van der Waals surface area (Å²) in [5.41, 5.74) is 0.342. The molecular formula is C29H38N4O8S. The van der Waals surface area contributed by atoms with E-state index in [0.717, 1.165) is 25.0 Å². The summed E-state index contributed by atoms with van der Waals surface area (Å²) in [5, 5.41) is 9.26. The predicted molar refractivity (Wildman–Crippen MR) is 156 cm³/mol. The average molecular weight is 603 g/mol. The van der Waals surface area contributed by atoms with E-state index in [-0.39, 0.29) is 24.0 Å². The zero-order valence-electron chi connectivity index (χ0n) is 23.7. The van der Waals surface area contributed by atoms with Crippen molar-refractivity contribution in [3.05, 3.63) is 48.2 Å². The van der Waals surface area contributed by atoms with Crippen LogP contribution in [0.1, 0.15) is 36.0 Å². The van der Waals surface area contributed by atoms with Crippen LogP contribution in [0.3, 0.4) is 0 Å². The molecule has 1 aromatic heterocycles. The van der Waals surface area contributed by atoms with E-state index < -0.39 is 5.97 Å². The van der Waals surface area contributed by atoms with Crippen LogP contribution in [0.4, 0.5) is 4.79 Å². The van der Waals surface area contributed by atoms with Crippen molar-refractivity contribution in [3.63, 3.8) is 0 Å². The number of pyridine rings is 1. The first-order valence-corrected chi connectivity index (χ1v) is 15.1. The number of rotatable bonds is 18. The Balaban J connectivity index is 0.962. The molecule has 1 aromatic carbocycles. The Morgan fingerprint density at radius 2 is 1.83 bits per heavy atom. The first-order valence-electron chi connectivity index (χ1n) is 14.1. The highest BCUT2D eigenvalue weighted by atomic mass is 32.2. The molecule has 3 heterocycles. The lowest BCUT2D eigenvalue weighted by molar-refractivity contribution is -0.121. The quantitative estimate of drug-likeness (QED) is 0.132. The number of aromatic nitrogens is 1. The van der Waals surface area contributed by atoms with Crippen molar-refractivity contribution in [2.45, 2.75) is 43.0 Å². The number of methoxy groups -OCH3 is 1. The van der Waals surface area contributed by atoms with Gasteiger partial charge < -0.3 is 39.6 Å². The number of hydrogen-bond donors (Lipinski definition) is 3. The van der Waals surface area contributed by atoms with Crippen molar-refractivity contribution in [2.24, 2.45) is 0 Å².